The third-order valence-corrected chi connectivity index (χ3v) is 5.19. The van der Waals surface area contributed by atoms with Gasteiger partial charge in [0, 0.05) is 21.2 Å². The molecule has 3 rings (SSSR count). The van der Waals surface area contributed by atoms with Crippen LogP contribution in [0.25, 0.3) is 0 Å². The summed E-state index contributed by atoms with van der Waals surface area (Å²) < 4.78 is 5.46. The van der Waals surface area contributed by atoms with Crippen LogP contribution < -0.4 is 15.8 Å². The Bertz CT molecular complexity index is 813. The molecule has 0 saturated carbocycles. The lowest BCUT2D eigenvalue weighted by Gasteiger charge is -2.26. The summed E-state index contributed by atoms with van der Waals surface area (Å²) in [5, 5.41) is 3.64. The van der Waals surface area contributed by atoms with E-state index >= 15 is 0 Å². The monoisotopic (exact) mass is 376 g/mol. The topological polar surface area (TPSA) is 81.4 Å². The molecule has 7 heteroatoms. The fourth-order valence-electron chi connectivity index (χ4n) is 2.64. The lowest BCUT2D eigenvalue weighted by molar-refractivity contribution is -0.123. The van der Waals surface area contributed by atoms with Gasteiger partial charge in [-0.15, -0.1) is 11.8 Å². The average molecular weight is 377 g/mol. The predicted octanol–water partition coefficient (Wildman–Crippen LogP) is 3.17. The quantitative estimate of drug-likeness (QED) is 0.839. The molecule has 1 heterocycles. The number of ether oxygens (including phenoxy) is 1. The number of nitrogens with two attached hydrogens (primary N) is 1. The van der Waals surface area contributed by atoms with Crippen molar-refractivity contribution in [1.82, 2.24) is 5.32 Å². The molecule has 2 aromatic carbocycles. The van der Waals surface area contributed by atoms with Crippen LogP contribution in [0.3, 0.4) is 0 Å². The smallest absolute Gasteiger partial charge is 0.258 e. The second kappa shape index (κ2) is 7.80. The van der Waals surface area contributed by atoms with Gasteiger partial charge in [-0.2, -0.15) is 0 Å². The van der Waals surface area contributed by atoms with Gasteiger partial charge in [0.25, 0.3) is 5.91 Å². The van der Waals surface area contributed by atoms with Crippen LogP contribution in [0.2, 0.25) is 5.02 Å². The highest BCUT2D eigenvalue weighted by Crippen LogP contribution is 2.37. The van der Waals surface area contributed by atoms with Crippen LogP contribution in [0.15, 0.2) is 47.4 Å². The number of thioether (sulfide) groups is 1. The number of benzene rings is 2. The fourth-order valence-corrected chi connectivity index (χ4v) is 3.93. The number of amides is 2. The number of fused-ring (bicyclic) bond motifs is 1. The van der Waals surface area contributed by atoms with Gasteiger partial charge in [-0.05, 0) is 48.4 Å². The summed E-state index contributed by atoms with van der Waals surface area (Å²) >= 11 is 7.83. The van der Waals surface area contributed by atoms with E-state index in [1.54, 1.807) is 30.0 Å². The summed E-state index contributed by atoms with van der Waals surface area (Å²) in [4.78, 5) is 24.5. The Morgan fingerprint density at radius 3 is 2.92 bits per heavy atom. The Balaban J connectivity index is 1.61. The number of nitrogens with one attached hydrogen (secondary N) is 1. The summed E-state index contributed by atoms with van der Waals surface area (Å²) in [6, 6.07) is 12.1. The molecule has 1 aliphatic heterocycles. The maximum atomic E-state index is 12.2. The molecule has 2 aromatic rings. The molecule has 0 unspecified atom stereocenters. The lowest BCUT2D eigenvalue weighted by Crippen LogP contribution is -2.34. The molecule has 0 spiro atoms. The van der Waals surface area contributed by atoms with Gasteiger partial charge in [0.15, 0.2) is 6.61 Å². The van der Waals surface area contributed by atoms with E-state index in [1.807, 2.05) is 18.2 Å². The van der Waals surface area contributed by atoms with E-state index in [-0.39, 0.29) is 18.6 Å². The summed E-state index contributed by atoms with van der Waals surface area (Å²) in [5.74, 6) is 0.589. The van der Waals surface area contributed by atoms with E-state index in [0.29, 0.717) is 16.3 Å². The van der Waals surface area contributed by atoms with Crippen LogP contribution in [0.4, 0.5) is 0 Å². The highest BCUT2D eigenvalue weighted by atomic mass is 35.5. The van der Waals surface area contributed by atoms with Crippen molar-refractivity contribution in [2.45, 2.75) is 17.4 Å². The standard InChI is InChI=1S/C18H17ClN2O3S/c19-12-4-5-16-14(9-12)15(6-7-25-16)21-17(22)10-24-13-3-1-2-11(8-13)18(20)23/h1-5,8-9,15H,6-7,10H2,(H2,20,23)(H,21,22)/t15-/m0/s1. The van der Waals surface area contributed by atoms with E-state index in [4.69, 9.17) is 22.1 Å². The molecular weight excluding hydrogens is 360 g/mol. The van der Waals surface area contributed by atoms with Crippen LogP contribution in [-0.4, -0.2) is 24.2 Å². The molecule has 1 atom stereocenters. The maximum absolute atomic E-state index is 12.2. The zero-order valence-corrected chi connectivity index (χ0v) is 14.9. The van der Waals surface area contributed by atoms with E-state index in [2.05, 4.69) is 5.32 Å². The highest BCUT2D eigenvalue weighted by Gasteiger charge is 2.22. The van der Waals surface area contributed by atoms with Crippen molar-refractivity contribution in [2.75, 3.05) is 12.4 Å². The van der Waals surface area contributed by atoms with Crippen molar-refractivity contribution in [3.05, 3.63) is 58.6 Å². The third kappa shape index (κ3) is 4.46. The molecule has 3 N–H and O–H groups in total. The second-order valence-electron chi connectivity index (χ2n) is 5.62. The molecule has 5 nitrogen and oxygen atoms in total. The number of rotatable bonds is 5. The van der Waals surface area contributed by atoms with Crippen molar-refractivity contribution < 1.29 is 14.3 Å². The van der Waals surface area contributed by atoms with E-state index in [1.165, 1.54) is 6.07 Å². The van der Waals surface area contributed by atoms with Gasteiger partial charge in [-0.1, -0.05) is 17.7 Å². The first-order valence-electron chi connectivity index (χ1n) is 7.77. The first-order chi connectivity index (χ1) is 12.0. The molecule has 1 aliphatic rings. The zero-order valence-electron chi connectivity index (χ0n) is 13.3. The SMILES string of the molecule is NC(=O)c1cccc(OCC(=O)N[C@H]2CCSc3ccc(Cl)cc32)c1. The van der Waals surface area contributed by atoms with Gasteiger partial charge in [-0.25, -0.2) is 0 Å². The highest BCUT2D eigenvalue weighted by molar-refractivity contribution is 7.99. The minimum atomic E-state index is -0.539. The van der Waals surface area contributed by atoms with Gasteiger partial charge in [0.2, 0.25) is 5.91 Å². The van der Waals surface area contributed by atoms with Crippen molar-refractivity contribution >= 4 is 35.2 Å². The van der Waals surface area contributed by atoms with Gasteiger partial charge in [-0.3, -0.25) is 9.59 Å². The Labute approximate surface area is 154 Å². The average Bonchev–Trinajstić information content (AvgIpc) is 2.61. The molecule has 0 aliphatic carbocycles. The Morgan fingerprint density at radius 2 is 2.12 bits per heavy atom. The van der Waals surface area contributed by atoms with Crippen LogP contribution in [0.1, 0.15) is 28.4 Å². The molecule has 0 aromatic heterocycles. The summed E-state index contributed by atoms with van der Waals surface area (Å²) in [5.41, 5.74) is 6.61. The molecule has 0 saturated heterocycles. The molecule has 25 heavy (non-hydrogen) atoms. The maximum Gasteiger partial charge on any atom is 0.258 e. The number of primary amides is 1. The third-order valence-electron chi connectivity index (χ3n) is 3.84. The zero-order chi connectivity index (χ0) is 17.8. The van der Waals surface area contributed by atoms with E-state index in [9.17, 15) is 9.59 Å². The first kappa shape index (κ1) is 17.6. The molecule has 130 valence electrons. The van der Waals surface area contributed by atoms with Crippen LogP contribution >= 0.6 is 23.4 Å². The largest absolute Gasteiger partial charge is 0.484 e. The van der Waals surface area contributed by atoms with Crippen molar-refractivity contribution in [3.8, 4) is 5.75 Å². The molecule has 0 fully saturated rings. The van der Waals surface area contributed by atoms with Gasteiger partial charge in [0.1, 0.15) is 5.75 Å². The first-order valence-corrected chi connectivity index (χ1v) is 9.13. The normalized spacial score (nSPS) is 16.0. The Kier molecular flexibility index (Phi) is 5.50. The molecular formula is C18H17ClN2O3S. The molecule has 0 bridgehead atoms. The molecule has 0 radical (unpaired) electrons. The van der Waals surface area contributed by atoms with Gasteiger partial charge >= 0.3 is 0 Å². The minimum Gasteiger partial charge on any atom is -0.484 e. The number of carbonyl (C=O) groups is 2. The van der Waals surface area contributed by atoms with Crippen LogP contribution in [0, 0.1) is 0 Å². The Hall–Kier alpha value is -2.18. The number of hydrogen-bond acceptors (Lipinski definition) is 4. The lowest BCUT2D eigenvalue weighted by atomic mass is 10.0. The van der Waals surface area contributed by atoms with Gasteiger partial charge in [0.05, 0.1) is 6.04 Å². The van der Waals surface area contributed by atoms with Crippen molar-refractivity contribution in [2.24, 2.45) is 5.73 Å². The summed E-state index contributed by atoms with van der Waals surface area (Å²) in [7, 11) is 0. The van der Waals surface area contributed by atoms with Crippen LogP contribution in [-0.2, 0) is 4.79 Å². The number of halogens is 1. The predicted molar refractivity (Wildman–Crippen MR) is 98.1 cm³/mol. The Morgan fingerprint density at radius 1 is 1.28 bits per heavy atom. The van der Waals surface area contributed by atoms with E-state index in [0.717, 1.165) is 22.6 Å². The number of hydrogen-bond donors (Lipinski definition) is 2. The van der Waals surface area contributed by atoms with E-state index < -0.39 is 5.91 Å². The van der Waals surface area contributed by atoms with Crippen molar-refractivity contribution in [1.29, 1.82) is 0 Å². The van der Waals surface area contributed by atoms with Crippen LogP contribution in [0.5, 0.6) is 5.75 Å². The fraction of sp³-hybridized carbons (Fsp3) is 0.222. The minimum absolute atomic E-state index is 0.0806. The summed E-state index contributed by atoms with van der Waals surface area (Å²) in [6.07, 6.45) is 0.834. The summed E-state index contributed by atoms with van der Waals surface area (Å²) in [6.45, 7) is -0.137. The molecule has 2 amide bonds. The van der Waals surface area contributed by atoms with Gasteiger partial charge < -0.3 is 15.8 Å². The van der Waals surface area contributed by atoms with Crippen molar-refractivity contribution in [3.63, 3.8) is 0 Å². The number of carbonyl (C=O) groups excluding carboxylic acids is 2. The second-order valence-corrected chi connectivity index (χ2v) is 7.19.